The number of hydrogen-bond acceptors (Lipinski definition) is 2. The van der Waals surface area contributed by atoms with E-state index in [-0.39, 0.29) is 5.54 Å². The van der Waals surface area contributed by atoms with Gasteiger partial charge in [0.2, 0.25) is 0 Å². The number of nitrogens with two attached hydrogens (primary N) is 1. The van der Waals surface area contributed by atoms with E-state index >= 15 is 0 Å². The summed E-state index contributed by atoms with van der Waals surface area (Å²) in [4.78, 5) is 0. The summed E-state index contributed by atoms with van der Waals surface area (Å²) in [6, 6.07) is 17.4. The van der Waals surface area contributed by atoms with Crippen LogP contribution >= 0.6 is 31.9 Å². The van der Waals surface area contributed by atoms with Crippen LogP contribution in [0.4, 0.5) is 0 Å². The first-order valence-corrected chi connectivity index (χ1v) is 7.63. The van der Waals surface area contributed by atoms with Gasteiger partial charge in [0, 0.05) is 14.5 Å². The van der Waals surface area contributed by atoms with Crippen LogP contribution in [0.3, 0.4) is 0 Å². The molecule has 20 heavy (non-hydrogen) atoms. The molecule has 2 rings (SSSR count). The van der Waals surface area contributed by atoms with E-state index in [0.29, 0.717) is 5.56 Å². The molecule has 4 heteroatoms. The highest BCUT2D eigenvalue weighted by atomic mass is 79.9. The van der Waals surface area contributed by atoms with Gasteiger partial charge in [0.25, 0.3) is 0 Å². The van der Waals surface area contributed by atoms with Gasteiger partial charge in [-0.15, -0.1) is 0 Å². The van der Waals surface area contributed by atoms with Gasteiger partial charge in [-0.3, -0.25) is 0 Å². The lowest BCUT2D eigenvalue weighted by molar-refractivity contribution is 0.551. The maximum absolute atomic E-state index is 8.44. The van der Waals surface area contributed by atoms with E-state index < -0.39 is 0 Å². The van der Waals surface area contributed by atoms with Gasteiger partial charge in [-0.1, -0.05) is 46.3 Å². The van der Waals surface area contributed by atoms with Crippen molar-refractivity contribution in [1.82, 2.24) is 0 Å². The Kier molecular flexibility index (Phi) is 6.41. The number of halogens is 2. The Morgan fingerprint density at radius 1 is 0.950 bits per heavy atom. The molecule has 0 spiro atoms. The van der Waals surface area contributed by atoms with E-state index in [0.717, 1.165) is 14.5 Å². The second-order valence-corrected chi connectivity index (χ2v) is 6.50. The molecule has 0 saturated heterocycles. The topological polar surface area (TPSA) is 49.8 Å². The lowest BCUT2D eigenvalue weighted by Crippen LogP contribution is -2.28. The Hall–Kier alpha value is -1.15. The van der Waals surface area contributed by atoms with Crippen LogP contribution in [0, 0.1) is 11.3 Å². The standard InChI is InChI=1S/C9H12BrN.C7H4BrN/c1-9(2,11)7-5-3-4-6-8(7)10;8-7-4-2-1-3-6(7)5-9/h3-6H,11H2,1-2H3;1-4H. The van der Waals surface area contributed by atoms with E-state index in [1.807, 2.05) is 62.4 Å². The maximum Gasteiger partial charge on any atom is 0.100 e. The van der Waals surface area contributed by atoms with Crippen LogP contribution in [-0.4, -0.2) is 0 Å². The number of hydrogen-bond donors (Lipinski definition) is 1. The van der Waals surface area contributed by atoms with Gasteiger partial charge in [-0.25, -0.2) is 0 Å². The normalized spacial score (nSPS) is 10.2. The van der Waals surface area contributed by atoms with Crippen molar-refractivity contribution in [2.24, 2.45) is 5.73 Å². The molecule has 0 aliphatic carbocycles. The fraction of sp³-hybridized carbons (Fsp3) is 0.188. The quantitative estimate of drug-likeness (QED) is 0.741. The van der Waals surface area contributed by atoms with E-state index in [1.54, 1.807) is 6.07 Å². The minimum absolute atomic E-state index is 0.264. The number of rotatable bonds is 1. The van der Waals surface area contributed by atoms with E-state index in [9.17, 15) is 0 Å². The predicted molar refractivity (Wildman–Crippen MR) is 90.2 cm³/mol. The molecule has 0 atom stereocenters. The molecule has 0 bridgehead atoms. The van der Waals surface area contributed by atoms with Gasteiger partial charge in [0.05, 0.1) is 5.56 Å². The highest BCUT2D eigenvalue weighted by Gasteiger charge is 2.15. The summed E-state index contributed by atoms with van der Waals surface area (Å²) in [5.74, 6) is 0. The third-order valence-corrected chi connectivity index (χ3v) is 3.95. The van der Waals surface area contributed by atoms with Gasteiger partial charge < -0.3 is 5.73 Å². The summed E-state index contributed by atoms with van der Waals surface area (Å²) in [6.07, 6.45) is 0. The molecule has 0 amide bonds. The fourth-order valence-corrected chi connectivity index (χ4v) is 2.70. The van der Waals surface area contributed by atoms with Crippen molar-refractivity contribution in [3.8, 4) is 6.07 Å². The van der Waals surface area contributed by atoms with Gasteiger partial charge >= 0.3 is 0 Å². The number of benzene rings is 2. The zero-order valence-corrected chi connectivity index (χ0v) is 14.6. The molecule has 2 aromatic carbocycles. The van der Waals surface area contributed by atoms with Crippen molar-refractivity contribution < 1.29 is 0 Å². The molecule has 0 aliphatic rings. The van der Waals surface area contributed by atoms with Gasteiger partial charge in [0.15, 0.2) is 0 Å². The Bertz CT molecular complexity index is 610. The highest BCUT2D eigenvalue weighted by molar-refractivity contribution is 9.10. The largest absolute Gasteiger partial charge is 0.322 e. The summed E-state index contributed by atoms with van der Waals surface area (Å²) >= 11 is 6.69. The van der Waals surface area contributed by atoms with E-state index in [1.165, 1.54) is 0 Å². The third-order valence-electron chi connectivity index (χ3n) is 2.56. The highest BCUT2D eigenvalue weighted by Crippen LogP contribution is 2.25. The Morgan fingerprint density at radius 3 is 1.80 bits per heavy atom. The van der Waals surface area contributed by atoms with Crippen molar-refractivity contribution >= 4 is 31.9 Å². The van der Waals surface area contributed by atoms with Crippen molar-refractivity contribution in [2.45, 2.75) is 19.4 Å². The molecule has 0 heterocycles. The predicted octanol–water partition coefficient (Wildman–Crippen LogP) is 4.96. The minimum atomic E-state index is -0.264. The van der Waals surface area contributed by atoms with Crippen LogP contribution in [0.25, 0.3) is 0 Å². The summed E-state index contributed by atoms with van der Waals surface area (Å²) in [7, 11) is 0. The van der Waals surface area contributed by atoms with Gasteiger partial charge in [-0.2, -0.15) is 5.26 Å². The van der Waals surface area contributed by atoms with Crippen LogP contribution in [0.1, 0.15) is 25.0 Å². The first kappa shape index (κ1) is 16.9. The van der Waals surface area contributed by atoms with Crippen LogP contribution in [-0.2, 0) is 5.54 Å². The molecule has 2 nitrogen and oxygen atoms in total. The van der Waals surface area contributed by atoms with Crippen molar-refractivity contribution in [3.63, 3.8) is 0 Å². The molecular formula is C16H16Br2N2. The summed E-state index contributed by atoms with van der Waals surface area (Å²) in [5.41, 5.74) is 7.48. The van der Waals surface area contributed by atoms with Gasteiger partial charge in [0.1, 0.15) is 6.07 Å². The molecule has 0 saturated carbocycles. The molecule has 2 N–H and O–H groups in total. The van der Waals surface area contributed by atoms with Gasteiger partial charge in [-0.05, 0) is 53.5 Å². The van der Waals surface area contributed by atoms with Crippen molar-refractivity contribution in [2.75, 3.05) is 0 Å². The lowest BCUT2D eigenvalue weighted by Gasteiger charge is -2.20. The summed E-state index contributed by atoms with van der Waals surface area (Å²) < 4.78 is 1.93. The Balaban J connectivity index is 0.000000204. The fourth-order valence-electron chi connectivity index (χ4n) is 1.54. The van der Waals surface area contributed by atoms with Crippen LogP contribution in [0.15, 0.2) is 57.5 Å². The van der Waals surface area contributed by atoms with Crippen LogP contribution in [0.5, 0.6) is 0 Å². The molecular weight excluding hydrogens is 380 g/mol. The second-order valence-electron chi connectivity index (χ2n) is 4.79. The molecule has 0 fully saturated rings. The average Bonchev–Trinajstić information content (AvgIpc) is 2.39. The van der Waals surface area contributed by atoms with E-state index in [2.05, 4.69) is 31.9 Å². The maximum atomic E-state index is 8.44. The SMILES string of the molecule is CC(C)(N)c1ccccc1Br.N#Cc1ccccc1Br. The molecule has 0 aliphatic heterocycles. The Morgan fingerprint density at radius 2 is 1.45 bits per heavy atom. The van der Waals surface area contributed by atoms with Crippen molar-refractivity contribution in [1.29, 1.82) is 5.26 Å². The average molecular weight is 396 g/mol. The lowest BCUT2D eigenvalue weighted by atomic mass is 9.96. The molecule has 2 aromatic rings. The zero-order valence-electron chi connectivity index (χ0n) is 11.4. The van der Waals surface area contributed by atoms with E-state index in [4.69, 9.17) is 11.0 Å². The van der Waals surface area contributed by atoms with Crippen LogP contribution in [0.2, 0.25) is 0 Å². The third kappa shape index (κ3) is 5.09. The zero-order chi connectivity index (χ0) is 15.2. The first-order valence-electron chi connectivity index (χ1n) is 6.04. The van der Waals surface area contributed by atoms with Crippen LogP contribution < -0.4 is 5.73 Å². The number of nitriles is 1. The summed E-state index contributed by atoms with van der Waals surface area (Å²) in [6.45, 7) is 3.99. The minimum Gasteiger partial charge on any atom is -0.322 e. The first-order chi connectivity index (χ1) is 9.36. The molecule has 104 valence electrons. The number of nitrogens with zero attached hydrogens (tertiary/aromatic N) is 1. The second kappa shape index (κ2) is 7.58. The smallest absolute Gasteiger partial charge is 0.100 e. The monoisotopic (exact) mass is 394 g/mol. The molecule has 0 unspecified atom stereocenters. The van der Waals surface area contributed by atoms with Crippen molar-refractivity contribution in [3.05, 3.63) is 68.6 Å². The summed E-state index contributed by atoms with van der Waals surface area (Å²) in [5, 5.41) is 8.44. The molecule has 0 aromatic heterocycles. The molecule has 0 radical (unpaired) electrons. The Labute approximate surface area is 136 Å².